The smallest absolute Gasteiger partial charge is 0.127 e. The lowest BCUT2D eigenvalue weighted by molar-refractivity contribution is -0.110. The molecule has 22 heavy (non-hydrogen) atoms. The number of hydrogen-bond acceptors (Lipinski definition) is 1. The van der Waals surface area contributed by atoms with E-state index < -0.39 is 0 Å². The Hall–Kier alpha value is -1.11. The van der Waals surface area contributed by atoms with E-state index in [0.29, 0.717) is 5.92 Å². The van der Waals surface area contributed by atoms with Crippen LogP contribution in [0.5, 0.6) is 0 Å². The molecule has 0 saturated carbocycles. The van der Waals surface area contributed by atoms with Gasteiger partial charge in [0.15, 0.2) is 0 Å². The second-order valence-corrected chi connectivity index (χ2v) is 7.97. The van der Waals surface area contributed by atoms with Crippen LogP contribution in [0.15, 0.2) is 34.4 Å². The SMILES string of the molecule is CC1=CC[C@H]2CCC(C)=C([C@@H](C=O)C/C(C)=C/CC1)C2(C)C. The van der Waals surface area contributed by atoms with Gasteiger partial charge in [-0.3, -0.25) is 0 Å². The summed E-state index contributed by atoms with van der Waals surface area (Å²) in [7, 11) is 0. The highest BCUT2D eigenvalue weighted by atomic mass is 16.1. The first kappa shape index (κ1) is 17.2. The highest BCUT2D eigenvalue weighted by molar-refractivity contribution is 5.61. The van der Waals surface area contributed by atoms with Crippen molar-refractivity contribution in [1.29, 1.82) is 0 Å². The fourth-order valence-corrected chi connectivity index (χ4v) is 4.50. The molecule has 0 fully saturated rings. The largest absolute Gasteiger partial charge is 0.303 e. The third kappa shape index (κ3) is 3.62. The Labute approximate surface area is 136 Å². The van der Waals surface area contributed by atoms with E-state index in [1.165, 1.54) is 35.0 Å². The Bertz CT molecular complexity index is 516. The number of carbonyl (C=O) groups is 1. The van der Waals surface area contributed by atoms with E-state index in [-0.39, 0.29) is 11.3 Å². The zero-order chi connectivity index (χ0) is 16.3. The van der Waals surface area contributed by atoms with Crippen LogP contribution in [0.1, 0.15) is 73.1 Å². The number of carbonyl (C=O) groups excluding carboxylic acids is 1. The molecule has 0 unspecified atom stereocenters. The first-order valence-electron chi connectivity index (χ1n) is 8.83. The summed E-state index contributed by atoms with van der Waals surface area (Å²) in [5.74, 6) is 0.728. The molecule has 122 valence electrons. The molecule has 0 aromatic heterocycles. The first-order chi connectivity index (χ1) is 10.4. The topological polar surface area (TPSA) is 17.1 Å². The van der Waals surface area contributed by atoms with Gasteiger partial charge in [0.1, 0.15) is 6.29 Å². The molecular weight excluding hydrogens is 268 g/mol. The summed E-state index contributed by atoms with van der Waals surface area (Å²) in [4.78, 5) is 11.8. The van der Waals surface area contributed by atoms with E-state index in [4.69, 9.17) is 0 Å². The van der Waals surface area contributed by atoms with Crippen LogP contribution in [-0.4, -0.2) is 6.29 Å². The lowest BCUT2D eigenvalue weighted by atomic mass is 9.60. The second-order valence-electron chi connectivity index (χ2n) is 7.97. The van der Waals surface area contributed by atoms with Crippen molar-refractivity contribution in [3.63, 3.8) is 0 Å². The lowest BCUT2D eigenvalue weighted by Crippen LogP contribution is -2.34. The third-order valence-electron chi connectivity index (χ3n) is 5.90. The Morgan fingerprint density at radius 1 is 1.09 bits per heavy atom. The Morgan fingerprint density at radius 2 is 1.82 bits per heavy atom. The van der Waals surface area contributed by atoms with E-state index >= 15 is 0 Å². The summed E-state index contributed by atoms with van der Waals surface area (Å²) in [6.07, 6.45) is 12.7. The standard InChI is InChI=1S/C21H32O/c1-15-7-6-8-16(2)13-18(14-22)20-17(3)10-12-19(11-9-15)21(20,4)5/h8-9,14,18-19H,6-7,10-13H2,1-5H3/b15-9?,16-8+/t18-,19+/m1/s1. The molecular formula is C21H32O. The molecule has 0 heterocycles. The van der Waals surface area contributed by atoms with Gasteiger partial charge < -0.3 is 4.79 Å². The van der Waals surface area contributed by atoms with Gasteiger partial charge in [-0.15, -0.1) is 0 Å². The number of hydrogen-bond donors (Lipinski definition) is 0. The van der Waals surface area contributed by atoms with Gasteiger partial charge in [0.05, 0.1) is 0 Å². The van der Waals surface area contributed by atoms with Crippen LogP contribution in [-0.2, 0) is 4.79 Å². The second kappa shape index (κ2) is 6.98. The van der Waals surface area contributed by atoms with Crippen molar-refractivity contribution >= 4 is 6.29 Å². The molecule has 0 aromatic rings. The quantitative estimate of drug-likeness (QED) is 0.427. The normalized spacial score (nSPS) is 32.2. The van der Waals surface area contributed by atoms with Crippen molar-refractivity contribution in [2.24, 2.45) is 17.3 Å². The molecule has 2 atom stereocenters. The minimum absolute atomic E-state index is 0.0681. The van der Waals surface area contributed by atoms with Gasteiger partial charge in [-0.2, -0.15) is 0 Å². The van der Waals surface area contributed by atoms with E-state index in [1.54, 1.807) is 0 Å². The van der Waals surface area contributed by atoms with Gasteiger partial charge in [-0.25, -0.2) is 0 Å². The van der Waals surface area contributed by atoms with Gasteiger partial charge in [-0.05, 0) is 70.6 Å². The minimum Gasteiger partial charge on any atom is -0.303 e. The molecule has 2 rings (SSSR count). The van der Waals surface area contributed by atoms with Crippen LogP contribution in [0.25, 0.3) is 0 Å². The van der Waals surface area contributed by atoms with Crippen LogP contribution in [0.4, 0.5) is 0 Å². The van der Waals surface area contributed by atoms with E-state index in [0.717, 1.165) is 32.1 Å². The molecule has 2 aliphatic carbocycles. The summed E-state index contributed by atoms with van der Waals surface area (Å²) in [6, 6.07) is 0. The fraction of sp³-hybridized carbons (Fsp3) is 0.667. The van der Waals surface area contributed by atoms with Crippen molar-refractivity contribution in [3.05, 3.63) is 34.4 Å². The number of fused-ring (bicyclic) bond motifs is 2. The predicted octanol–water partition coefficient (Wildman–Crippen LogP) is 6.02. The van der Waals surface area contributed by atoms with E-state index in [9.17, 15) is 4.79 Å². The van der Waals surface area contributed by atoms with Gasteiger partial charge in [0, 0.05) is 5.92 Å². The lowest BCUT2D eigenvalue weighted by Gasteiger charge is -2.44. The van der Waals surface area contributed by atoms with Crippen LogP contribution in [0.3, 0.4) is 0 Å². The molecule has 0 N–H and O–H groups in total. The molecule has 2 aliphatic rings. The summed E-state index contributed by atoms with van der Waals surface area (Å²) >= 11 is 0. The van der Waals surface area contributed by atoms with Gasteiger partial charge in [0.25, 0.3) is 0 Å². The molecule has 0 radical (unpaired) electrons. The Kier molecular flexibility index (Phi) is 5.47. The van der Waals surface area contributed by atoms with Crippen molar-refractivity contribution in [1.82, 2.24) is 0 Å². The van der Waals surface area contributed by atoms with Gasteiger partial charge in [-0.1, -0.05) is 48.3 Å². The zero-order valence-corrected chi connectivity index (χ0v) is 15.0. The highest BCUT2D eigenvalue weighted by Gasteiger charge is 2.39. The summed E-state index contributed by atoms with van der Waals surface area (Å²) in [6.45, 7) is 11.4. The monoisotopic (exact) mass is 300 g/mol. The summed E-state index contributed by atoms with van der Waals surface area (Å²) in [5, 5.41) is 0. The third-order valence-corrected chi connectivity index (χ3v) is 5.90. The molecule has 0 spiro atoms. The average Bonchev–Trinajstić information content (AvgIpc) is 2.43. The summed E-state index contributed by atoms with van der Waals surface area (Å²) < 4.78 is 0. The molecule has 0 saturated heterocycles. The molecule has 0 aromatic carbocycles. The summed E-state index contributed by atoms with van der Waals surface area (Å²) in [5.41, 5.74) is 5.90. The number of rotatable bonds is 1. The van der Waals surface area contributed by atoms with Crippen LogP contribution < -0.4 is 0 Å². The first-order valence-corrected chi connectivity index (χ1v) is 8.83. The molecule has 0 aliphatic heterocycles. The molecule has 1 nitrogen and oxygen atoms in total. The molecule has 0 amide bonds. The fourth-order valence-electron chi connectivity index (χ4n) is 4.50. The van der Waals surface area contributed by atoms with Gasteiger partial charge >= 0.3 is 0 Å². The zero-order valence-electron chi connectivity index (χ0n) is 15.0. The number of allylic oxidation sites excluding steroid dienone is 6. The maximum absolute atomic E-state index is 11.8. The Balaban J connectivity index is 2.46. The number of aldehydes is 1. The minimum atomic E-state index is 0.0681. The average molecular weight is 300 g/mol. The van der Waals surface area contributed by atoms with Crippen LogP contribution >= 0.6 is 0 Å². The van der Waals surface area contributed by atoms with Crippen molar-refractivity contribution < 1.29 is 4.79 Å². The highest BCUT2D eigenvalue weighted by Crippen LogP contribution is 2.50. The van der Waals surface area contributed by atoms with Crippen LogP contribution in [0, 0.1) is 17.3 Å². The van der Waals surface area contributed by atoms with E-state index in [2.05, 4.69) is 46.8 Å². The molecule has 2 bridgehead atoms. The maximum Gasteiger partial charge on any atom is 0.127 e. The van der Waals surface area contributed by atoms with Crippen molar-refractivity contribution in [3.8, 4) is 0 Å². The Morgan fingerprint density at radius 3 is 2.50 bits per heavy atom. The predicted molar refractivity (Wildman–Crippen MR) is 94.7 cm³/mol. The molecule has 1 heteroatoms. The van der Waals surface area contributed by atoms with Gasteiger partial charge in [0.2, 0.25) is 0 Å². The van der Waals surface area contributed by atoms with E-state index in [1.807, 2.05) is 0 Å². The maximum atomic E-state index is 11.8. The van der Waals surface area contributed by atoms with Crippen molar-refractivity contribution in [2.75, 3.05) is 0 Å². The van der Waals surface area contributed by atoms with Crippen molar-refractivity contribution in [2.45, 2.75) is 73.1 Å². The van der Waals surface area contributed by atoms with Crippen LogP contribution in [0.2, 0.25) is 0 Å².